The minimum absolute atomic E-state index is 0.000997. The van der Waals surface area contributed by atoms with Gasteiger partial charge in [-0.1, -0.05) is 35.3 Å². The van der Waals surface area contributed by atoms with Gasteiger partial charge in [0.05, 0.1) is 6.61 Å². The molecule has 0 heterocycles. The minimum atomic E-state index is -4.09. The van der Waals surface area contributed by atoms with Gasteiger partial charge >= 0.3 is 10.1 Å². The second kappa shape index (κ2) is 11.0. The van der Waals surface area contributed by atoms with E-state index < -0.39 is 10.1 Å². The van der Waals surface area contributed by atoms with Gasteiger partial charge in [-0.05, 0) is 79.9 Å². The van der Waals surface area contributed by atoms with Crippen molar-refractivity contribution in [3.05, 3.63) is 94.0 Å². The maximum atomic E-state index is 12.9. The first kappa shape index (κ1) is 25.0. The first-order chi connectivity index (χ1) is 15.7. The highest BCUT2D eigenvalue weighted by molar-refractivity contribution is 7.87. The second-order valence-corrected chi connectivity index (χ2v) is 9.66. The van der Waals surface area contributed by atoms with E-state index in [0.29, 0.717) is 40.9 Å². The van der Waals surface area contributed by atoms with Crippen LogP contribution in [0.15, 0.2) is 72.1 Å². The standard InChI is InChI=1S/C25H25Cl2NO4S/c1-4-7-19-14-18(16-28-23-9-6-8-22(27)17(23)3)15-24(31-5-2)25(19)32-33(29,30)21-12-10-20(26)11-13-21/h4,6,8-15,28H,1,5,7,16H2,2-3H3. The Kier molecular flexibility index (Phi) is 8.30. The first-order valence-electron chi connectivity index (χ1n) is 10.3. The lowest BCUT2D eigenvalue weighted by Crippen LogP contribution is -2.13. The highest BCUT2D eigenvalue weighted by atomic mass is 35.5. The van der Waals surface area contributed by atoms with Crippen LogP contribution in [0, 0.1) is 6.92 Å². The lowest BCUT2D eigenvalue weighted by atomic mass is 10.1. The summed E-state index contributed by atoms with van der Waals surface area (Å²) in [7, 11) is -4.09. The number of hydrogen-bond donors (Lipinski definition) is 1. The second-order valence-electron chi connectivity index (χ2n) is 7.27. The topological polar surface area (TPSA) is 64.6 Å². The lowest BCUT2D eigenvalue weighted by molar-refractivity contribution is 0.326. The normalized spacial score (nSPS) is 11.2. The average molecular weight is 506 g/mol. The van der Waals surface area contributed by atoms with Crippen molar-refractivity contribution in [2.24, 2.45) is 0 Å². The van der Waals surface area contributed by atoms with Gasteiger partial charge in [-0.25, -0.2) is 0 Å². The quantitative estimate of drug-likeness (QED) is 0.242. The zero-order valence-corrected chi connectivity index (χ0v) is 20.7. The van der Waals surface area contributed by atoms with Crippen LogP contribution in [0.1, 0.15) is 23.6 Å². The van der Waals surface area contributed by atoms with E-state index in [2.05, 4.69) is 11.9 Å². The molecule has 0 atom stereocenters. The molecule has 0 unspecified atom stereocenters. The summed E-state index contributed by atoms with van der Waals surface area (Å²) >= 11 is 12.1. The van der Waals surface area contributed by atoms with Crippen LogP contribution in [0.5, 0.6) is 11.5 Å². The maximum Gasteiger partial charge on any atom is 0.339 e. The van der Waals surface area contributed by atoms with E-state index in [1.807, 2.05) is 38.1 Å². The molecule has 0 aliphatic heterocycles. The van der Waals surface area contributed by atoms with Gasteiger partial charge in [-0.15, -0.1) is 6.58 Å². The molecule has 0 aliphatic rings. The fourth-order valence-corrected chi connectivity index (χ4v) is 4.52. The molecule has 0 aromatic heterocycles. The summed E-state index contributed by atoms with van der Waals surface area (Å²) in [6.07, 6.45) is 2.08. The molecule has 5 nitrogen and oxygen atoms in total. The van der Waals surface area contributed by atoms with Gasteiger partial charge < -0.3 is 14.2 Å². The third kappa shape index (κ3) is 6.22. The number of halogens is 2. The molecule has 0 aliphatic carbocycles. The molecule has 0 bridgehead atoms. The fourth-order valence-electron chi connectivity index (χ4n) is 3.25. The van der Waals surface area contributed by atoms with Crippen molar-refractivity contribution >= 4 is 39.0 Å². The maximum absolute atomic E-state index is 12.9. The van der Waals surface area contributed by atoms with E-state index in [4.69, 9.17) is 32.1 Å². The molecule has 0 amide bonds. The number of nitrogens with one attached hydrogen (secondary N) is 1. The molecule has 0 fully saturated rings. The molecule has 174 valence electrons. The molecule has 0 saturated carbocycles. The largest absolute Gasteiger partial charge is 0.490 e. The molecule has 0 saturated heterocycles. The Labute approximate surface area is 205 Å². The molecule has 1 N–H and O–H groups in total. The van der Waals surface area contributed by atoms with Gasteiger partial charge in [0.1, 0.15) is 4.90 Å². The van der Waals surface area contributed by atoms with Crippen molar-refractivity contribution < 1.29 is 17.3 Å². The first-order valence-corrected chi connectivity index (χ1v) is 12.5. The monoisotopic (exact) mass is 505 g/mol. The predicted molar refractivity (Wildman–Crippen MR) is 134 cm³/mol. The Bertz CT molecular complexity index is 1240. The Morgan fingerprint density at radius 1 is 1.09 bits per heavy atom. The summed E-state index contributed by atoms with van der Waals surface area (Å²) in [5, 5.41) is 4.48. The number of rotatable bonds is 10. The molecular weight excluding hydrogens is 481 g/mol. The summed E-state index contributed by atoms with van der Waals surface area (Å²) in [5.41, 5.74) is 3.40. The highest BCUT2D eigenvalue weighted by Crippen LogP contribution is 2.36. The molecule has 0 spiro atoms. The van der Waals surface area contributed by atoms with E-state index in [-0.39, 0.29) is 10.6 Å². The summed E-state index contributed by atoms with van der Waals surface area (Å²) in [6, 6.07) is 15.1. The Balaban J connectivity index is 1.96. The Hall–Kier alpha value is -2.67. The number of hydrogen-bond acceptors (Lipinski definition) is 5. The Morgan fingerprint density at radius 2 is 1.82 bits per heavy atom. The van der Waals surface area contributed by atoms with Gasteiger partial charge in [-0.3, -0.25) is 0 Å². The number of allylic oxidation sites excluding steroid dienone is 1. The van der Waals surface area contributed by atoms with Crippen molar-refractivity contribution in [2.75, 3.05) is 11.9 Å². The summed E-state index contributed by atoms with van der Waals surface area (Å²) < 4.78 is 37.2. The van der Waals surface area contributed by atoms with Crippen molar-refractivity contribution in [3.8, 4) is 11.5 Å². The molecule has 3 aromatic carbocycles. The van der Waals surface area contributed by atoms with E-state index >= 15 is 0 Å². The van der Waals surface area contributed by atoms with E-state index in [9.17, 15) is 8.42 Å². The van der Waals surface area contributed by atoms with E-state index in [0.717, 1.165) is 16.8 Å². The number of anilines is 1. The minimum Gasteiger partial charge on any atom is -0.490 e. The predicted octanol–water partition coefficient (Wildman–Crippen LogP) is 6.81. The summed E-state index contributed by atoms with van der Waals surface area (Å²) in [5.74, 6) is 0.489. The third-order valence-electron chi connectivity index (χ3n) is 4.90. The lowest BCUT2D eigenvalue weighted by Gasteiger charge is -2.18. The Morgan fingerprint density at radius 3 is 2.48 bits per heavy atom. The van der Waals surface area contributed by atoms with Crippen LogP contribution in [-0.2, 0) is 23.1 Å². The van der Waals surface area contributed by atoms with Gasteiger partial charge in [0, 0.05) is 27.8 Å². The number of benzene rings is 3. The van der Waals surface area contributed by atoms with E-state index in [1.54, 1.807) is 12.1 Å². The zero-order chi connectivity index (χ0) is 24.0. The third-order valence-corrected chi connectivity index (χ3v) is 6.80. The SMILES string of the molecule is C=CCc1cc(CNc2cccc(Cl)c2C)cc(OCC)c1OS(=O)(=O)c1ccc(Cl)cc1. The van der Waals surface area contributed by atoms with Crippen LogP contribution in [0.25, 0.3) is 0 Å². The zero-order valence-electron chi connectivity index (χ0n) is 18.4. The van der Waals surface area contributed by atoms with E-state index in [1.165, 1.54) is 24.3 Å². The summed E-state index contributed by atoms with van der Waals surface area (Å²) in [6.45, 7) is 8.38. The van der Waals surface area contributed by atoms with Crippen molar-refractivity contribution in [1.82, 2.24) is 0 Å². The van der Waals surface area contributed by atoms with Gasteiger partial charge in [-0.2, -0.15) is 8.42 Å². The van der Waals surface area contributed by atoms with Crippen LogP contribution in [0.3, 0.4) is 0 Å². The average Bonchev–Trinajstić information content (AvgIpc) is 2.77. The molecule has 0 radical (unpaired) electrons. The van der Waals surface area contributed by atoms with Crippen molar-refractivity contribution in [3.63, 3.8) is 0 Å². The highest BCUT2D eigenvalue weighted by Gasteiger charge is 2.22. The molecule has 3 aromatic rings. The van der Waals surface area contributed by atoms with Crippen LogP contribution >= 0.6 is 23.2 Å². The van der Waals surface area contributed by atoms with Gasteiger partial charge in [0.2, 0.25) is 0 Å². The summed E-state index contributed by atoms with van der Waals surface area (Å²) in [4.78, 5) is 0.000997. The van der Waals surface area contributed by atoms with Crippen molar-refractivity contribution in [1.29, 1.82) is 0 Å². The molecule has 3 rings (SSSR count). The molecule has 8 heteroatoms. The molecule has 33 heavy (non-hydrogen) atoms. The van der Waals surface area contributed by atoms with Crippen LogP contribution in [0.2, 0.25) is 10.0 Å². The van der Waals surface area contributed by atoms with Crippen LogP contribution < -0.4 is 14.2 Å². The van der Waals surface area contributed by atoms with Crippen LogP contribution in [0.4, 0.5) is 5.69 Å². The smallest absolute Gasteiger partial charge is 0.339 e. The van der Waals surface area contributed by atoms with Gasteiger partial charge in [0.15, 0.2) is 11.5 Å². The van der Waals surface area contributed by atoms with Crippen LogP contribution in [-0.4, -0.2) is 15.0 Å². The number of ether oxygens (including phenoxy) is 1. The fraction of sp³-hybridized carbons (Fsp3) is 0.200. The van der Waals surface area contributed by atoms with Crippen molar-refractivity contribution in [2.45, 2.75) is 31.7 Å². The molecular formula is C25H25Cl2NO4S. The van der Waals surface area contributed by atoms with Gasteiger partial charge in [0.25, 0.3) is 0 Å².